The minimum atomic E-state index is -5.09. The summed E-state index contributed by atoms with van der Waals surface area (Å²) in [4.78, 5) is 21.5. The molecule has 1 aromatic rings. The van der Waals surface area contributed by atoms with E-state index in [0.29, 0.717) is 5.02 Å². The summed E-state index contributed by atoms with van der Waals surface area (Å²) in [5, 5.41) is 0.480. The smallest absolute Gasteiger partial charge is 0.472 e. The summed E-state index contributed by atoms with van der Waals surface area (Å²) in [5.74, 6) is -3.17. The minimum absolute atomic E-state index is 0.119. The highest BCUT2D eigenvalue weighted by Gasteiger charge is 2.38. The van der Waals surface area contributed by atoms with Gasteiger partial charge in [-0.2, -0.15) is 13.2 Å². The summed E-state index contributed by atoms with van der Waals surface area (Å²) in [7, 11) is 0. The standard InChI is InChI=1S/C10H7Cl2F3N2O3/c11-5-1-2-7(6(12)3-5)20-4-8(18)16-17-9(19)10(13,14)15/h1-3H,4H2,(H,16,18)(H,17,19). The van der Waals surface area contributed by atoms with Crippen LogP contribution in [0.5, 0.6) is 5.75 Å². The second kappa shape index (κ2) is 6.67. The van der Waals surface area contributed by atoms with E-state index in [1.54, 1.807) is 0 Å². The average molecular weight is 331 g/mol. The normalized spacial score (nSPS) is 10.8. The van der Waals surface area contributed by atoms with Gasteiger partial charge in [0.05, 0.1) is 5.02 Å². The topological polar surface area (TPSA) is 67.4 Å². The first-order valence-corrected chi connectivity index (χ1v) is 5.69. The van der Waals surface area contributed by atoms with Gasteiger partial charge >= 0.3 is 12.1 Å². The fourth-order valence-corrected chi connectivity index (χ4v) is 1.43. The van der Waals surface area contributed by atoms with Crippen molar-refractivity contribution in [3.05, 3.63) is 28.2 Å². The Morgan fingerprint density at radius 2 is 1.85 bits per heavy atom. The maximum Gasteiger partial charge on any atom is 0.472 e. The zero-order valence-electron chi connectivity index (χ0n) is 9.55. The number of hydrazine groups is 1. The maximum absolute atomic E-state index is 11.8. The largest absolute Gasteiger partial charge is 0.482 e. The SMILES string of the molecule is O=C(COc1ccc(Cl)cc1Cl)NNC(=O)C(F)(F)F. The number of hydrogen-bond acceptors (Lipinski definition) is 3. The van der Waals surface area contributed by atoms with Crippen LogP contribution >= 0.6 is 23.2 Å². The summed E-state index contributed by atoms with van der Waals surface area (Å²) >= 11 is 11.4. The van der Waals surface area contributed by atoms with E-state index >= 15 is 0 Å². The lowest BCUT2D eigenvalue weighted by molar-refractivity contribution is -0.175. The molecule has 10 heteroatoms. The van der Waals surface area contributed by atoms with Crippen LogP contribution in [0.15, 0.2) is 18.2 Å². The molecule has 0 radical (unpaired) electrons. The predicted molar refractivity (Wildman–Crippen MR) is 64.3 cm³/mol. The molecule has 1 rings (SSSR count). The van der Waals surface area contributed by atoms with Gasteiger partial charge < -0.3 is 4.74 Å². The molecule has 0 bridgehead atoms. The molecule has 0 saturated heterocycles. The van der Waals surface area contributed by atoms with Crippen molar-refractivity contribution in [2.75, 3.05) is 6.61 Å². The molecule has 20 heavy (non-hydrogen) atoms. The summed E-state index contributed by atoms with van der Waals surface area (Å²) < 4.78 is 40.4. The van der Waals surface area contributed by atoms with Gasteiger partial charge in [0.1, 0.15) is 5.75 Å². The first-order valence-electron chi connectivity index (χ1n) is 4.94. The van der Waals surface area contributed by atoms with E-state index in [1.807, 2.05) is 0 Å². The van der Waals surface area contributed by atoms with Crippen LogP contribution in [0, 0.1) is 0 Å². The van der Waals surface area contributed by atoms with Gasteiger partial charge in [-0.1, -0.05) is 23.2 Å². The Morgan fingerprint density at radius 3 is 2.40 bits per heavy atom. The molecule has 0 fully saturated rings. The molecule has 0 aliphatic rings. The molecule has 2 N–H and O–H groups in total. The van der Waals surface area contributed by atoms with E-state index in [1.165, 1.54) is 29.1 Å². The number of halogens is 5. The number of nitrogens with one attached hydrogen (secondary N) is 2. The van der Waals surface area contributed by atoms with Crippen LogP contribution in [-0.2, 0) is 9.59 Å². The van der Waals surface area contributed by atoms with Gasteiger partial charge in [-0.3, -0.25) is 20.4 Å². The van der Waals surface area contributed by atoms with Crippen LogP contribution in [0.4, 0.5) is 13.2 Å². The number of hydrogen-bond donors (Lipinski definition) is 2. The van der Waals surface area contributed by atoms with Gasteiger partial charge in [-0.15, -0.1) is 0 Å². The Balaban J connectivity index is 2.42. The first-order chi connectivity index (χ1) is 9.20. The van der Waals surface area contributed by atoms with Crippen LogP contribution in [0.25, 0.3) is 0 Å². The second-order valence-electron chi connectivity index (χ2n) is 3.36. The summed E-state index contributed by atoms with van der Waals surface area (Å²) in [6.07, 6.45) is -5.09. The minimum Gasteiger partial charge on any atom is -0.482 e. The number of benzene rings is 1. The molecule has 0 aromatic heterocycles. The zero-order chi connectivity index (χ0) is 15.3. The lowest BCUT2D eigenvalue weighted by atomic mass is 10.3. The molecular formula is C10H7Cl2F3N2O3. The van der Waals surface area contributed by atoms with Crippen LogP contribution < -0.4 is 15.6 Å². The number of ether oxygens (including phenoxy) is 1. The van der Waals surface area contributed by atoms with Crippen LogP contribution in [0.1, 0.15) is 0 Å². The predicted octanol–water partition coefficient (Wildman–Crippen LogP) is 2.08. The van der Waals surface area contributed by atoms with Crippen molar-refractivity contribution in [1.82, 2.24) is 10.9 Å². The molecule has 0 aliphatic carbocycles. The van der Waals surface area contributed by atoms with E-state index in [2.05, 4.69) is 0 Å². The van der Waals surface area contributed by atoms with E-state index < -0.39 is 24.6 Å². The molecule has 5 nitrogen and oxygen atoms in total. The molecule has 0 unspecified atom stereocenters. The van der Waals surface area contributed by atoms with E-state index in [-0.39, 0.29) is 10.8 Å². The van der Waals surface area contributed by atoms with Crippen molar-refractivity contribution in [3.63, 3.8) is 0 Å². The fourth-order valence-electron chi connectivity index (χ4n) is 0.969. The maximum atomic E-state index is 11.8. The summed E-state index contributed by atoms with van der Waals surface area (Å²) in [5.41, 5.74) is 2.72. The third kappa shape index (κ3) is 5.14. The van der Waals surface area contributed by atoms with E-state index in [4.69, 9.17) is 27.9 Å². The van der Waals surface area contributed by atoms with Crippen LogP contribution in [0.3, 0.4) is 0 Å². The molecule has 1 aromatic carbocycles. The molecule has 0 atom stereocenters. The molecule has 0 spiro atoms. The number of alkyl halides is 3. The number of amides is 2. The molecule has 0 heterocycles. The van der Waals surface area contributed by atoms with Gasteiger partial charge in [0, 0.05) is 5.02 Å². The number of carbonyl (C=O) groups excluding carboxylic acids is 2. The van der Waals surface area contributed by atoms with Gasteiger partial charge in [-0.05, 0) is 18.2 Å². The van der Waals surface area contributed by atoms with E-state index in [0.717, 1.165) is 0 Å². The number of rotatable bonds is 3. The van der Waals surface area contributed by atoms with Crippen LogP contribution in [-0.4, -0.2) is 24.6 Å². The van der Waals surface area contributed by atoms with Crippen LogP contribution in [0.2, 0.25) is 10.0 Å². The molecule has 2 amide bonds. The average Bonchev–Trinajstić information content (AvgIpc) is 2.33. The van der Waals surface area contributed by atoms with Crippen molar-refractivity contribution in [2.45, 2.75) is 6.18 Å². The number of carbonyl (C=O) groups is 2. The lowest BCUT2D eigenvalue weighted by Crippen LogP contribution is -2.49. The molecular weight excluding hydrogens is 324 g/mol. The highest BCUT2D eigenvalue weighted by molar-refractivity contribution is 6.35. The fraction of sp³-hybridized carbons (Fsp3) is 0.200. The highest BCUT2D eigenvalue weighted by atomic mass is 35.5. The van der Waals surface area contributed by atoms with Crippen molar-refractivity contribution in [1.29, 1.82) is 0 Å². The van der Waals surface area contributed by atoms with Gasteiger partial charge in [0.25, 0.3) is 5.91 Å². The van der Waals surface area contributed by atoms with Gasteiger partial charge in [-0.25, -0.2) is 0 Å². The van der Waals surface area contributed by atoms with E-state index in [9.17, 15) is 22.8 Å². The van der Waals surface area contributed by atoms with Crippen molar-refractivity contribution in [3.8, 4) is 5.75 Å². The third-order valence-electron chi connectivity index (χ3n) is 1.83. The molecule has 0 saturated carbocycles. The Morgan fingerprint density at radius 1 is 1.20 bits per heavy atom. The second-order valence-corrected chi connectivity index (χ2v) is 4.21. The van der Waals surface area contributed by atoms with Crippen molar-refractivity contribution in [2.24, 2.45) is 0 Å². The molecule has 110 valence electrons. The Hall–Kier alpha value is -1.67. The third-order valence-corrected chi connectivity index (χ3v) is 2.36. The Labute approximate surface area is 121 Å². The quantitative estimate of drug-likeness (QED) is 0.834. The molecule has 0 aliphatic heterocycles. The highest BCUT2D eigenvalue weighted by Crippen LogP contribution is 2.27. The monoisotopic (exact) mass is 330 g/mol. The van der Waals surface area contributed by atoms with Crippen molar-refractivity contribution < 1.29 is 27.5 Å². The summed E-state index contributed by atoms with van der Waals surface area (Å²) in [6, 6.07) is 4.19. The first kappa shape index (κ1) is 16.4. The summed E-state index contributed by atoms with van der Waals surface area (Å²) in [6.45, 7) is -0.639. The van der Waals surface area contributed by atoms with Gasteiger partial charge in [0.15, 0.2) is 6.61 Å². The Bertz CT molecular complexity index is 523. The lowest BCUT2D eigenvalue weighted by Gasteiger charge is -2.10. The van der Waals surface area contributed by atoms with Crippen molar-refractivity contribution >= 4 is 35.0 Å². The van der Waals surface area contributed by atoms with Gasteiger partial charge in [0.2, 0.25) is 0 Å². The Kier molecular flexibility index (Phi) is 5.46. The zero-order valence-corrected chi connectivity index (χ0v) is 11.1.